The quantitative estimate of drug-likeness (QED) is 0.822. The van der Waals surface area contributed by atoms with Gasteiger partial charge >= 0.3 is 0 Å². The molecule has 1 aliphatic rings. The van der Waals surface area contributed by atoms with Crippen LogP contribution < -0.4 is 5.32 Å². The monoisotopic (exact) mass is 279 g/mol. The Bertz CT molecular complexity index is 517. The highest BCUT2D eigenvalue weighted by Gasteiger charge is 2.30. The van der Waals surface area contributed by atoms with Crippen molar-refractivity contribution in [1.82, 2.24) is 25.4 Å². The second-order valence-corrected chi connectivity index (χ2v) is 6.19. The summed E-state index contributed by atoms with van der Waals surface area (Å²) >= 11 is 0. The van der Waals surface area contributed by atoms with Crippen molar-refractivity contribution in [3.63, 3.8) is 0 Å². The molecule has 0 aromatic carbocycles. The van der Waals surface area contributed by atoms with E-state index in [-0.39, 0.29) is 29.1 Å². The van der Waals surface area contributed by atoms with E-state index in [0.717, 1.165) is 6.42 Å². The summed E-state index contributed by atoms with van der Waals surface area (Å²) in [5.41, 5.74) is -0.171. The number of amides is 2. The van der Waals surface area contributed by atoms with Gasteiger partial charge in [0.2, 0.25) is 11.7 Å². The number of aromatic nitrogens is 3. The van der Waals surface area contributed by atoms with Crippen LogP contribution in [0, 0.1) is 0 Å². The highest BCUT2D eigenvalue weighted by Crippen LogP contribution is 2.18. The molecule has 0 saturated carbocycles. The number of hydrogen-bond donors (Lipinski definition) is 2. The molecular weight excluding hydrogens is 258 g/mol. The fourth-order valence-corrected chi connectivity index (χ4v) is 2.18. The standard InChI is InChI=1S/C13H21N5O2/c1-8(19)14-9-5-6-18(7-9)11(20)10-15-12(17-16-10)13(2,3)4/h9H,5-7H2,1-4H3,(H,14,19)(H,15,16,17). The van der Waals surface area contributed by atoms with Crippen LogP contribution in [0.3, 0.4) is 0 Å². The van der Waals surface area contributed by atoms with Crippen molar-refractivity contribution in [1.29, 1.82) is 0 Å². The molecule has 2 N–H and O–H groups in total. The van der Waals surface area contributed by atoms with Crippen LogP contribution in [0.25, 0.3) is 0 Å². The highest BCUT2D eigenvalue weighted by molar-refractivity contribution is 5.90. The second kappa shape index (κ2) is 5.22. The number of nitrogens with one attached hydrogen (secondary N) is 2. The summed E-state index contributed by atoms with van der Waals surface area (Å²) in [4.78, 5) is 29.2. The minimum atomic E-state index is -0.190. The van der Waals surface area contributed by atoms with Crippen LogP contribution in [-0.2, 0) is 10.2 Å². The Labute approximate surface area is 118 Å². The fourth-order valence-electron chi connectivity index (χ4n) is 2.18. The van der Waals surface area contributed by atoms with Gasteiger partial charge in [0.25, 0.3) is 5.91 Å². The van der Waals surface area contributed by atoms with E-state index in [1.165, 1.54) is 6.92 Å². The van der Waals surface area contributed by atoms with Crippen LogP contribution in [0.1, 0.15) is 50.6 Å². The lowest BCUT2D eigenvalue weighted by Gasteiger charge is -2.15. The number of likely N-dealkylation sites (tertiary alicyclic amines) is 1. The molecule has 1 aromatic heterocycles. The molecule has 2 rings (SSSR count). The van der Waals surface area contributed by atoms with Crippen molar-refractivity contribution in [3.05, 3.63) is 11.6 Å². The Morgan fingerprint density at radius 3 is 2.65 bits per heavy atom. The van der Waals surface area contributed by atoms with Crippen LogP contribution in [-0.4, -0.2) is 51.0 Å². The Balaban J connectivity index is 2.02. The number of nitrogens with zero attached hydrogens (tertiary/aromatic N) is 3. The maximum Gasteiger partial charge on any atom is 0.293 e. The first-order valence-electron chi connectivity index (χ1n) is 6.76. The molecule has 1 aliphatic heterocycles. The van der Waals surface area contributed by atoms with E-state index in [1.807, 2.05) is 20.8 Å². The minimum Gasteiger partial charge on any atom is -0.352 e. The molecule has 110 valence electrons. The molecule has 0 bridgehead atoms. The van der Waals surface area contributed by atoms with Crippen LogP contribution in [0.2, 0.25) is 0 Å². The maximum absolute atomic E-state index is 12.3. The van der Waals surface area contributed by atoms with Crippen molar-refractivity contribution >= 4 is 11.8 Å². The molecule has 7 nitrogen and oxygen atoms in total. The molecule has 0 spiro atoms. The van der Waals surface area contributed by atoms with Crippen LogP contribution in [0.5, 0.6) is 0 Å². The predicted octanol–water partition coefficient (Wildman–Crippen LogP) is 0.453. The molecule has 1 saturated heterocycles. The zero-order chi connectivity index (χ0) is 14.9. The van der Waals surface area contributed by atoms with Gasteiger partial charge < -0.3 is 10.2 Å². The van der Waals surface area contributed by atoms with Crippen molar-refractivity contribution in [3.8, 4) is 0 Å². The van der Waals surface area contributed by atoms with Crippen LogP contribution in [0.4, 0.5) is 0 Å². The van der Waals surface area contributed by atoms with Gasteiger partial charge in [0, 0.05) is 31.5 Å². The summed E-state index contributed by atoms with van der Waals surface area (Å²) in [7, 11) is 0. The number of rotatable bonds is 2. The van der Waals surface area contributed by atoms with Gasteiger partial charge in [-0.1, -0.05) is 20.8 Å². The van der Waals surface area contributed by atoms with E-state index >= 15 is 0 Å². The average molecular weight is 279 g/mol. The van der Waals surface area contributed by atoms with Crippen LogP contribution >= 0.6 is 0 Å². The fraction of sp³-hybridized carbons (Fsp3) is 0.692. The molecule has 20 heavy (non-hydrogen) atoms. The van der Waals surface area contributed by atoms with Gasteiger partial charge in [-0.2, -0.15) is 0 Å². The predicted molar refractivity (Wildman–Crippen MR) is 73.2 cm³/mol. The summed E-state index contributed by atoms with van der Waals surface area (Å²) in [6.45, 7) is 8.62. The van der Waals surface area contributed by atoms with E-state index in [2.05, 4.69) is 20.5 Å². The first kappa shape index (κ1) is 14.5. The third kappa shape index (κ3) is 3.15. The summed E-state index contributed by atoms with van der Waals surface area (Å²) in [6, 6.07) is 0.0254. The van der Waals surface area contributed by atoms with E-state index in [0.29, 0.717) is 18.9 Å². The second-order valence-electron chi connectivity index (χ2n) is 6.19. The van der Waals surface area contributed by atoms with Crippen molar-refractivity contribution in [2.45, 2.75) is 45.6 Å². The lowest BCUT2D eigenvalue weighted by atomic mass is 9.96. The van der Waals surface area contributed by atoms with E-state index in [9.17, 15) is 9.59 Å². The molecule has 1 aromatic rings. The van der Waals surface area contributed by atoms with E-state index in [4.69, 9.17) is 0 Å². The number of H-pyrrole nitrogens is 1. The maximum atomic E-state index is 12.3. The first-order chi connectivity index (χ1) is 9.27. The largest absolute Gasteiger partial charge is 0.352 e. The molecule has 2 heterocycles. The number of aromatic amines is 1. The molecule has 1 unspecified atom stereocenters. The molecule has 0 aliphatic carbocycles. The molecule has 1 fully saturated rings. The normalized spacial score (nSPS) is 19.2. The SMILES string of the molecule is CC(=O)NC1CCN(C(=O)c2n[nH]c(C(C)(C)C)n2)C1. The number of carbonyl (C=O) groups is 2. The number of hydrogen-bond acceptors (Lipinski definition) is 4. The van der Waals surface area contributed by atoms with Gasteiger partial charge in [0.1, 0.15) is 5.82 Å². The van der Waals surface area contributed by atoms with Crippen molar-refractivity contribution in [2.24, 2.45) is 0 Å². The highest BCUT2D eigenvalue weighted by atomic mass is 16.2. The van der Waals surface area contributed by atoms with Gasteiger partial charge in [-0.3, -0.25) is 14.7 Å². The summed E-state index contributed by atoms with van der Waals surface area (Å²) in [5, 5.41) is 9.64. The summed E-state index contributed by atoms with van der Waals surface area (Å²) < 4.78 is 0. The van der Waals surface area contributed by atoms with Crippen molar-refractivity contribution < 1.29 is 9.59 Å². The zero-order valence-corrected chi connectivity index (χ0v) is 12.4. The molecule has 0 radical (unpaired) electrons. The van der Waals surface area contributed by atoms with E-state index in [1.54, 1.807) is 4.90 Å². The number of carbonyl (C=O) groups excluding carboxylic acids is 2. The molecule has 1 atom stereocenters. The van der Waals surface area contributed by atoms with Gasteiger partial charge in [0.05, 0.1) is 0 Å². The Hall–Kier alpha value is -1.92. The van der Waals surface area contributed by atoms with Crippen molar-refractivity contribution in [2.75, 3.05) is 13.1 Å². The Morgan fingerprint density at radius 1 is 1.40 bits per heavy atom. The topological polar surface area (TPSA) is 91.0 Å². The Morgan fingerprint density at radius 2 is 2.10 bits per heavy atom. The average Bonchev–Trinajstić information content (AvgIpc) is 2.94. The lowest BCUT2D eigenvalue weighted by molar-refractivity contribution is -0.119. The van der Waals surface area contributed by atoms with Crippen LogP contribution in [0.15, 0.2) is 0 Å². The Kier molecular flexibility index (Phi) is 3.78. The van der Waals surface area contributed by atoms with Gasteiger partial charge in [-0.05, 0) is 6.42 Å². The first-order valence-corrected chi connectivity index (χ1v) is 6.76. The third-order valence-corrected chi connectivity index (χ3v) is 3.27. The lowest BCUT2D eigenvalue weighted by Crippen LogP contribution is -2.37. The van der Waals surface area contributed by atoms with Gasteiger partial charge in [-0.25, -0.2) is 4.98 Å². The smallest absolute Gasteiger partial charge is 0.293 e. The van der Waals surface area contributed by atoms with Gasteiger partial charge in [-0.15, -0.1) is 5.10 Å². The summed E-state index contributed by atoms with van der Waals surface area (Å²) in [6.07, 6.45) is 0.766. The third-order valence-electron chi connectivity index (χ3n) is 3.27. The molecule has 2 amide bonds. The molecular formula is C13H21N5O2. The zero-order valence-electron chi connectivity index (χ0n) is 12.4. The minimum absolute atomic E-state index is 0.0254. The van der Waals surface area contributed by atoms with E-state index < -0.39 is 0 Å². The van der Waals surface area contributed by atoms with Gasteiger partial charge in [0.15, 0.2) is 0 Å². The summed E-state index contributed by atoms with van der Waals surface area (Å²) in [5.74, 6) is 0.624. The molecule has 7 heteroatoms.